The molecule has 1 fully saturated rings. The molecule has 1 aromatic rings. The SMILES string of the molecule is CN1CCC([C@]2(O)c3c(Br)ccc(F)c3[C@@H](O)C2(C)C)CC1.O=C(O)/C=C/C(=O)O. The van der Waals surface area contributed by atoms with Crippen LogP contribution in [0.3, 0.4) is 0 Å². The van der Waals surface area contributed by atoms with E-state index >= 15 is 0 Å². The number of carbonyl (C=O) groups is 2. The number of rotatable bonds is 3. The van der Waals surface area contributed by atoms with E-state index in [0.717, 1.165) is 25.9 Å². The summed E-state index contributed by atoms with van der Waals surface area (Å²) in [5.41, 5.74) is -1.27. The third-order valence-electron chi connectivity index (χ3n) is 6.14. The van der Waals surface area contributed by atoms with Gasteiger partial charge in [0.1, 0.15) is 11.4 Å². The fourth-order valence-corrected chi connectivity index (χ4v) is 5.06. The van der Waals surface area contributed by atoms with Crippen molar-refractivity contribution in [2.24, 2.45) is 11.3 Å². The van der Waals surface area contributed by atoms with E-state index in [0.29, 0.717) is 22.2 Å². The molecular formula is C21H27BrFNO6. The number of carboxylic acids is 2. The van der Waals surface area contributed by atoms with Crippen molar-refractivity contribution in [1.29, 1.82) is 0 Å². The van der Waals surface area contributed by atoms with Crippen molar-refractivity contribution in [3.63, 3.8) is 0 Å². The molecule has 3 rings (SSSR count). The molecule has 1 heterocycles. The third kappa shape index (κ3) is 4.44. The number of carboxylic acid groups (broad SMARTS) is 2. The fraction of sp³-hybridized carbons (Fsp3) is 0.524. The Labute approximate surface area is 183 Å². The lowest BCUT2D eigenvalue weighted by Crippen LogP contribution is -2.50. The van der Waals surface area contributed by atoms with Crippen molar-refractivity contribution in [1.82, 2.24) is 4.90 Å². The molecule has 0 radical (unpaired) electrons. The molecule has 0 spiro atoms. The number of fused-ring (bicyclic) bond motifs is 1. The Morgan fingerprint density at radius 1 is 1.17 bits per heavy atom. The van der Waals surface area contributed by atoms with E-state index in [2.05, 4.69) is 27.9 Å². The summed E-state index contributed by atoms with van der Waals surface area (Å²) in [5.74, 6) is -2.95. The Morgan fingerprint density at radius 3 is 2.13 bits per heavy atom. The largest absolute Gasteiger partial charge is 0.478 e. The number of likely N-dealkylation sites (tertiary alicyclic amines) is 1. The molecule has 0 unspecified atom stereocenters. The lowest BCUT2D eigenvalue weighted by atomic mass is 9.65. The number of aliphatic hydroxyl groups is 2. The average Bonchev–Trinajstić information content (AvgIpc) is 2.83. The first-order valence-corrected chi connectivity index (χ1v) is 10.3. The Bertz CT molecular complexity index is 834. The molecule has 166 valence electrons. The van der Waals surface area contributed by atoms with Crippen molar-refractivity contribution in [3.8, 4) is 0 Å². The minimum atomic E-state index is -1.26. The molecular weight excluding hydrogens is 461 g/mol. The maximum absolute atomic E-state index is 14.3. The van der Waals surface area contributed by atoms with Crippen LogP contribution in [-0.4, -0.2) is 57.4 Å². The van der Waals surface area contributed by atoms with Gasteiger partial charge in [-0.3, -0.25) is 0 Å². The molecule has 2 atom stereocenters. The van der Waals surface area contributed by atoms with Gasteiger partial charge in [0.25, 0.3) is 0 Å². The van der Waals surface area contributed by atoms with Crippen molar-refractivity contribution in [2.45, 2.75) is 38.4 Å². The van der Waals surface area contributed by atoms with Gasteiger partial charge >= 0.3 is 11.9 Å². The van der Waals surface area contributed by atoms with Crippen molar-refractivity contribution in [3.05, 3.63) is 45.7 Å². The van der Waals surface area contributed by atoms with Crippen LogP contribution in [0.2, 0.25) is 0 Å². The number of hydrogen-bond donors (Lipinski definition) is 4. The number of nitrogens with zero attached hydrogens (tertiary/aromatic N) is 1. The number of benzene rings is 1. The average molecular weight is 488 g/mol. The summed E-state index contributed by atoms with van der Waals surface area (Å²) in [6, 6.07) is 2.98. The Kier molecular flexibility index (Phi) is 7.45. The number of halogens is 2. The topological polar surface area (TPSA) is 118 Å². The van der Waals surface area contributed by atoms with E-state index in [9.17, 15) is 24.2 Å². The van der Waals surface area contributed by atoms with Crippen LogP contribution in [0.25, 0.3) is 0 Å². The second-order valence-corrected chi connectivity index (χ2v) is 9.15. The standard InChI is InChI=1S/C17H23BrFNO2.C4H4O4/c1-16(2)15(21)13-12(19)5-4-11(18)14(13)17(16,22)10-6-8-20(3)9-7-10;5-3(6)1-2-4(7)8/h4-5,10,15,21-22H,6-9H2,1-3H3;1-2H,(H,5,6)(H,7,8)/b;2-1+/t15-,17+;/m1./s1. The van der Waals surface area contributed by atoms with E-state index < -0.39 is 34.9 Å². The van der Waals surface area contributed by atoms with Crippen LogP contribution in [-0.2, 0) is 15.2 Å². The van der Waals surface area contributed by atoms with Gasteiger partial charge in [-0.1, -0.05) is 29.8 Å². The van der Waals surface area contributed by atoms with Crippen LogP contribution in [0.4, 0.5) is 4.39 Å². The van der Waals surface area contributed by atoms with Crippen LogP contribution in [0.5, 0.6) is 0 Å². The van der Waals surface area contributed by atoms with Gasteiger partial charge in [-0.15, -0.1) is 0 Å². The van der Waals surface area contributed by atoms with Crippen molar-refractivity contribution in [2.75, 3.05) is 20.1 Å². The summed E-state index contributed by atoms with van der Waals surface area (Å²) >= 11 is 3.47. The third-order valence-corrected chi connectivity index (χ3v) is 6.80. The first-order chi connectivity index (χ1) is 13.8. The molecule has 1 saturated heterocycles. The van der Waals surface area contributed by atoms with Crippen molar-refractivity contribution >= 4 is 27.9 Å². The summed E-state index contributed by atoms with van der Waals surface area (Å²) in [6.07, 6.45) is 1.78. The van der Waals surface area contributed by atoms with Gasteiger partial charge < -0.3 is 25.3 Å². The molecule has 0 amide bonds. The van der Waals surface area contributed by atoms with Crippen LogP contribution >= 0.6 is 15.9 Å². The van der Waals surface area contributed by atoms with Gasteiger partial charge in [0.05, 0.1) is 6.10 Å². The van der Waals surface area contributed by atoms with Crippen LogP contribution in [0.15, 0.2) is 28.8 Å². The van der Waals surface area contributed by atoms with Gasteiger partial charge in [-0.2, -0.15) is 0 Å². The van der Waals surface area contributed by atoms with Gasteiger partial charge in [0.15, 0.2) is 0 Å². The van der Waals surface area contributed by atoms with Crippen LogP contribution in [0, 0.1) is 17.2 Å². The highest BCUT2D eigenvalue weighted by Crippen LogP contribution is 2.62. The lowest BCUT2D eigenvalue weighted by molar-refractivity contribution is -0.158. The maximum Gasteiger partial charge on any atom is 0.328 e. The molecule has 30 heavy (non-hydrogen) atoms. The molecule has 9 heteroatoms. The molecule has 2 aliphatic rings. The predicted octanol–water partition coefficient (Wildman–Crippen LogP) is 2.90. The highest BCUT2D eigenvalue weighted by Gasteiger charge is 2.61. The Morgan fingerprint density at radius 2 is 1.67 bits per heavy atom. The van der Waals surface area contributed by atoms with E-state index in [1.54, 1.807) is 6.07 Å². The number of piperidine rings is 1. The minimum Gasteiger partial charge on any atom is -0.478 e. The first-order valence-electron chi connectivity index (χ1n) is 9.55. The van der Waals surface area contributed by atoms with E-state index in [-0.39, 0.29) is 11.5 Å². The molecule has 0 saturated carbocycles. The zero-order valence-corrected chi connectivity index (χ0v) is 18.7. The predicted molar refractivity (Wildman–Crippen MR) is 111 cm³/mol. The molecule has 1 aliphatic heterocycles. The summed E-state index contributed by atoms with van der Waals surface area (Å²) in [5, 5.41) is 38.0. The Balaban J connectivity index is 0.000000343. The second kappa shape index (κ2) is 9.13. The molecule has 0 bridgehead atoms. The Hall–Kier alpha value is -1.81. The molecule has 4 N–H and O–H groups in total. The number of hydrogen-bond acceptors (Lipinski definition) is 5. The normalized spacial score (nSPS) is 26.2. The molecule has 1 aromatic carbocycles. The van der Waals surface area contributed by atoms with Crippen LogP contribution in [0.1, 0.15) is 43.9 Å². The van der Waals surface area contributed by atoms with Gasteiger partial charge in [-0.05, 0) is 51.0 Å². The zero-order valence-electron chi connectivity index (χ0n) is 17.1. The van der Waals surface area contributed by atoms with E-state index in [4.69, 9.17) is 10.2 Å². The fourth-order valence-electron chi connectivity index (χ4n) is 4.41. The minimum absolute atomic E-state index is 0.00713. The van der Waals surface area contributed by atoms with E-state index in [1.165, 1.54) is 6.07 Å². The van der Waals surface area contributed by atoms with E-state index in [1.807, 2.05) is 13.8 Å². The molecule has 1 aliphatic carbocycles. The molecule has 7 nitrogen and oxygen atoms in total. The van der Waals surface area contributed by atoms with Gasteiger partial charge in [0, 0.05) is 33.2 Å². The number of aliphatic hydroxyl groups excluding tert-OH is 1. The number of aliphatic carboxylic acids is 2. The van der Waals surface area contributed by atoms with Gasteiger partial charge in [-0.25, -0.2) is 14.0 Å². The molecule has 0 aromatic heterocycles. The highest BCUT2D eigenvalue weighted by molar-refractivity contribution is 9.10. The highest BCUT2D eigenvalue weighted by atomic mass is 79.9. The zero-order chi connectivity index (χ0) is 22.9. The first kappa shape index (κ1) is 24.5. The summed E-state index contributed by atoms with van der Waals surface area (Å²) in [7, 11) is 2.07. The summed E-state index contributed by atoms with van der Waals surface area (Å²) in [4.78, 5) is 21.3. The monoisotopic (exact) mass is 487 g/mol. The lowest BCUT2D eigenvalue weighted by Gasteiger charge is -2.47. The second-order valence-electron chi connectivity index (χ2n) is 8.30. The summed E-state index contributed by atoms with van der Waals surface area (Å²) < 4.78 is 15.0. The van der Waals surface area contributed by atoms with Crippen molar-refractivity contribution < 1.29 is 34.4 Å². The quantitative estimate of drug-likeness (QED) is 0.484. The smallest absolute Gasteiger partial charge is 0.328 e. The summed E-state index contributed by atoms with van der Waals surface area (Å²) in [6.45, 7) is 5.48. The van der Waals surface area contributed by atoms with Crippen LogP contribution < -0.4 is 0 Å². The van der Waals surface area contributed by atoms with Gasteiger partial charge in [0.2, 0.25) is 0 Å². The maximum atomic E-state index is 14.3.